The molecule has 2 aromatic heterocycles. The van der Waals surface area contributed by atoms with Gasteiger partial charge in [0.25, 0.3) is 0 Å². The van der Waals surface area contributed by atoms with Crippen LogP contribution in [-0.4, -0.2) is 32.9 Å². The van der Waals surface area contributed by atoms with Gasteiger partial charge in [-0.2, -0.15) is 5.10 Å². The number of hydrogen-bond acceptors (Lipinski definition) is 4. The molecule has 7 nitrogen and oxygen atoms in total. The number of urea groups is 1. The van der Waals surface area contributed by atoms with Crippen LogP contribution < -0.4 is 15.4 Å². The van der Waals surface area contributed by atoms with Gasteiger partial charge in [-0.1, -0.05) is 18.5 Å². The lowest BCUT2D eigenvalue weighted by atomic mass is 10.0. The average Bonchev–Trinajstić information content (AvgIpc) is 2.91. The molecule has 0 saturated carbocycles. The maximum absolute atomic E-state index is 12.1. The number of nitrogens with zero attached hydrogens (tertiary/aromatic N) is 3. The summed E-state index contributed by atoms with van der Waals surface area (Å²) in [7, 11) is 1.78. The van der Waals surface area contributed by atoms with Crippen LogP contribution in [-0.2, 0) is 7.05 Å². The molecule has 2 rings (SSSR count). The number of carbonyl (C=O) groups is 1. The van der Waals surface area contributed by atoms with Crippen molar-refractivity contribution in [1.82, 2.24) is 20.1 Å². The number of anilines is 1. The van der Waals surface area contributed by atoms with Crippen LogP contribution in [0.25, 0.3) is 0 Å². The van der Waals surface area contributed by atoms with Gasteiger partial charge >= 0.3 is 6.03 Å². The summed E-state index contributed by atoms with van der Waals surface area (Å²) in [6.45, 7) is 4.10. The van der Waals surface area contributed by atoms with Crippen molar-refractivity contribution >= 4 is 23.4 Å². The Balaban J connectivity index is 1.94. The molecule has 0 fully saturated rings. The second-order valence-electron chi connectivity index (χ2n) is 5.45. The summed E-state index contributed by atoms with van der Waals surface area (Å²) in [6.07, 6.45) is 4.03. The minimum absolute atomic E-state index is 0.246. The van der Waals surface area contributed by atoms with Gasteiger partial charge in [-0.25, -0.2) is 9.78 Å². The third kappa shape index (κ3) is 4.85. The maximum atomic E-state index is 12.1. The van der Waals surface area contributed by atoms with Crippen LogP contribution in [0.5, 0.6) is 5.88 Å². The first kappa shape index (κ1) is 17.1. The number of ether oxygens (including phenoxy) is 1. The zero-order valence-electron chi connectivity index (χ0n) is 13.3. The van der Waals surface area contributed by atoms with Gasteiger partial charge in [0.15, 0.2) is 5.82 Å². The zero-order chi connectivity index (χ0) is 16.9. The van der Waals surface area contributed by atoms with E-state index in [0.29, 0.717) is 23.1 Å². The minimum Gasteiger partial charge on any atom is -0.474 e. The van der Waals surface area contributed by atoms with Crippen LogP contribution in [0.1, 0.15) is 20.3 Å². The summed E-state index contributed by atoms with van der Waals surface area (Å²) in [6, 6.07) is 4.80. The first-order valence-corrected chi connectivity index (χ1v) is 7.62. The molecule has 124 valence electrons. The second-order valence-corrected chi connectivity index (χ2v) is 5.85. The molecule has 0 bridgehead atoms. The molecule has 2 N–H and O–H groups in total. The third-order valence-corrected chi connectivity index (χ3v) is 3.69. The summed E-state index contributed by atoms with van der Waals surface area (Å²) in [4.78, 5) is 16.2. The van der Waals surface area contributed by atoms with Crippen LogP contribution in [0.3, 0.4) is 0 Å². The lowest BCUT2D eigenvalue weighted by Gasteiger charge is -2.29. The van der Waals surface area contributed by atoms with E-state index >= 15 is 0 Å². The fraction of sp³-hybridized carbons (Fsp3) is 0.400. The molecule has 2 heterocycles. The van der Waals surface area contributed by atoms with Crippen molar-refractivity contribution in [3.05, 3.63) is 35.6 Å². The van der Waals surface area contributed by atoms with Crippen LogP contribution in [0.4, 0.5) is 10.6 Å². The van der Waals surface area contributed by atoms with Crippen LogP contribution in [0.2, 0.25) is 5.02 Å². The Kier molecular flexibility index (Phi) is 5.44. The van der Waals surface area contributed by atoms with E-state index in [1.54, 1.807) is 42.3 Å². The Labute approximate surface area is 140 Å². The molecular formula is C15H20ClN5O2. The molecule has 0 saturated heterocycles. The van der Waals surface area contributed by atoms with E-state index in [1.165, 1.54) is 0 Å². The highest BCUT2D eigenvalue weighted by Crippen LogP contribution is 2.22. The second kappa shape index (κ2) is 7.32. The number of nitrogens with one attached hydrogen (secondary N) is 2. The number of carbonyl (C=O) groups excluding carboxylic acids is 1. The minimum atomic E-state index is -0.570. The monoisotopic (exact) mass is 337 g/mol. The number of hydrogen-bond donors (Lipinski definition) is 2. The van der Waals surface area contributed by atoms with Crippen LogP contribution in [0, 0.1) is 0 Å². The SMILES string of the molecule is CCC(C)(COc1ncccc1Cl)NC(=O)Nc1ccn(C)n1. The molecule has 23 heavy (non-hydrogen) atoms. The van der Waals surface area contributed by atoms with Crippen molar-refractivity contribution in [2.45, 2.75) is 25.8 Å². The summed E-state index contributed by atoms with van der Waals surface area (Å²) < 4.78 is 7.25. The summed E-state index contributed by atoms with van der Waals surface area (Å²) in [5.41, 5.74) is -0.570. The number of rotatable bonds is 6. The van der Waals surface area contributed by atoms with Gasteiger partial charge in [-0.05, 0) is 25.5 Å². The molecule has 0 aliphatic carbocycles. The Morgan fingerprint density at radius 1 is 1.48 bits per heavy atom. The van der Waals surface area contributed by atoms with Gasteiger partial charge < -0.3 is 10.1 Å². The van der Waals surface area contributed by atoms with Gasteiger partial charge in [-0.15, -0.1) is 0 Å². The predicted octanol–water partition coefficient (Wildman–Crippen LogP) is 2.84. The van der Waals surface area contributed by atoms with Gasteiger partial charge in [0.1, 0.15) is 11.6 Å². The van der Waals surface area contributed by atoms with Crippen molar-refractivity contribution < 1.29 is 9.53 Å². The van der Waals surface area contributed by atoms with E-state index in [2.05, 4.69) is 20.7 Å². The molecule has 8 heteroatoms. The summed E-state index contributed by atoms with van der Waals surface area (Å²) >= 11 is 6.01. The van der Waals surface area contributed by atoms with Gasteiger partial charge in [-0.3, -0.25) is 10.00 Å². The fourth-order valence-corrected chi connectivity index (χ4v) is 2.01. The topological polar surface area (TPSA) is 81.1 Å². The zero-order valence-corrected chi connectivity index (χ0v) is 14.1. The van der Waals surface area contributed by atoms with Crippen molar-refractivity contribution in [2.75, 3.05) is 11.9 Å². The number of pyridine rings is 1. The largest absolute Gasteiger partial charge is 0.474 e. The lowest BCUT2D eigenvalue weighted by molar-refractivity contribution is 0.183. The maximum Gasteiger partial charge on any atom is 0.320 e. The number of amides is 2. The van der Waals surface area contributed by atoms with E-state index in [4.69, 9.17) is 16.3 Å². The first-order valence-electron chi connectivity index (χ1n) is 7.24. The summed E-state index contributed by atoms with van der Waals surface area (Å²) in [5, 5.41) is 10.1. The predicted molar refractivity (Wildman–Crippen MR) is 88.8 cm³/mol. The van der Waals surface area contributed by atoms with Gasteiger partial charge in [0.05, 0.1) is 5.54 Å². The van der Waals surface area contributed by atoms with E-state index in [1.807, 2.05) is 13.8 Å². The highest BCUT2D eigenvalue weighted by Gasteiger charge is 2.26. The molecule has 0 aromatic carbocycles. The Morgan fingerprint density at radius 2 is 2.26 bits per heavy atom. The molecule has 0 aliphatic rings. The molecule has 0 radical (unpaired) electrons. The van der Waals surface area contributed by atoms with Crippen molar-refractivity contribution in [3.63, 3.8) is 0 Å². The van der Waals surface area contributed by atoms with E-state index in [-0.39, 0.29) is 12.6 Å². The van der Waals surface area contributed by atoms with Crippen molar-refractivity contribution in [3.8, 4) is 5.88 Å². The highest BCUT2D eigenvalue weighted by molar-refractivity contribution is 6.31. The Morgan fingerprint density at radius 3 is 2.87 bits per heavy atom. The standard InChI is InChI=1S/C15H20ClN5O2/c1-4-15(2,10-23-13-11(16)6-5-8-17-13)19-14(22)18-12-7-9-21(3)20-12/h5-9H,4,10H2,1-3H3,(H2,18,19,20,22). The van der Waals surface area contributed by atoms with Crippen molar-refractivity contribution in [1.29, 1.82) is 0 Å². The first-order chi connectivity index (χ1) is 10.9. The molecule has 1 atom stereocenters. The third-order valence-electron chi connectivity index (χ3n) is 3.40. The fourth-order valence-electron chi connectivity index (χ4n) is 1.83. The molecule has 2 amide bonds. The lowest BCUT2D eigenvalue weighted by Crippen LogP contribution is -2.51. The Hall–Kier alpha value is -2.28. The Bertz CT molecular complexity index is 675. The summed E-state index contributed by atoms with van der Waals surface area (Å²) in [5.74, 6) is 0.831. The molecule has 0 spiro atoms. The van der Waals surface area contributed by atoms with E-state index in [0.717, 1.165) is 0 Å². The molecule has 2 aromatic rings. The number of halogens is 1. The van der Waals surface area contributed by atoms with Gasteiger partial charge in [0, 0.05) is 25.5 Å². The molecule has 0 aliphatic heterocycles. The van der Waals surface area contributed by atoms with E-state index < -0.39 is 5.54 Å². The van der Waals surface area contributed by atoms with Crippen LogP contribution in [0.15, 0.2) is 30.6 Å². The highest BCUT2D eigenvalue weighted by atomic mass is 35.5. The average molecular weight is 338 g/mol. The normalized spacial score (nSPS) is 13.2. The quantitative estimate of drug-likeness (QED) is 0.849. The van der Waals surface area contributed by atoms with E-state index in [9.17, 15) is 4.79 Å². The number of aromatic nitrogens is 3. The van der Waals surface area contributed by atoms with Crippen molar-refractivity contribution in [2.24, 2.45) is 7.05 Å². The molecule has 1 unspecified atom stereocenters. The number of aryl methyl sites for hydroxylation is 1. The van der Waals surface area contributed by atoms with Crippen LogP contribution >= 0.6 is 11.6 Å². The van der Waals surface area contributed by atoms with Gasteiger partial charge in [0.2, 0.25) is 5.88 Å². The smallest absolute Gasteiger partial charge is 0.320 e. The molecular weight excluding hydrogens is 318 g/mol.